The van der Waals surface area contributed by atoms with Crippen molar-refractivity contribution in [3.63, 3.8) is 0 Å². The molecule has 0 saturated heterocycles. The summed E-state index contributed by atoms with van der Waals surface area (Å²) in [6.07, 6.45) is 2.65. The van der Waals surface area contributed by atoms with Gasteiger partial charge in [-0.2, -0.15) is 0 Å². The molecule has 1 aromatic carbocycles. The minimum absolute atomic E-state index is 0.0866. The lowest BCUT2D eigenvalue weighted by Crippen LogP contribution is -2.38. The third kappa shape index (κ3) is 2.50. The Labute approximate surface area is 96.6 Å². The minimum Gasteiger partial charge on any atom is -0.377 e. The molecule has 0 amide bonds. The zero-order chi connectivity index (χ0) is 11.4. The van der Waals surface area contributed by atoms with Gasteiger partial charge in [0.05, 0.1) is 6.61 Å². The Bertz CT molecular complexity index is 358. The molecule has 1 aromatic rings. The fraction of sp³-hybridized carbons (Fsp3) is 0.500. The van der Waals surface area contributed by atoms with Gasteiger partial charge in [0.2, 0.25) is 0 Å². The molecule has 0 N–H and O–H groups in total. The van der Waals surface area contributed by atoms with Crippen molar-refractivity contribution in [1.29, 1.82) is 0 Å². The predicted molar refractivity (Wildman–Crippen MR) is 63.1 cm³/mol. The third-order valence-electron chi connectivity index (χ3n) is 3.49. The molecule has 1 atom stereocenters. The van der Waals surface area contributed by atoms with Gasteiger partial charge < -0.3 is 4.74 Å². The smallest absolute Gasteiger partial charge is 0.138 e. The van der Waals surface area contributed by atoms with Crippen molar-refractivity contribution in [2.24, 2.45) is 5.41 Å². The second-order valence-electron chi connectivity index (χ2n) is 4.77. The molecule has 1 fully saturated rings. The van der Waals surface area contributed by atoms with E-state index in [4.69, 9.17) is 4.74 Å². The number of carbonyl (C=O) groups excluding carboxylic acids is 1. The van der Waals surface area contributed by atoms with Crippen LogP contribution in [0.4, 0.5) is 0 Å². The lowest BCUT2D eigenvalue weighted by molar-refractivity contribution is -0.138. The standard InChI is InChI=1S/C14H18O2/c1-14(8-7-13(14)15)9-10-16-11-12-5-3-2-4-6-12/h2-6H,7-11H2,1H3. The van der Waals surface area contributed by atoms with Crippen LogP contribution < -0.4 is 0 Å². The van der Waals surface area contributed by atoms with Crippen LogP contribution in [0.5, 0.6) is 0 Å². The molecule has 2 rings (SSSR count). The molecule has 1 saturated carbocycles. The number of rotatable bonds is 5. The lowest BCUT2D eigenvalue weighted by Gasteiger charge is -2.36. The first kappa shape index (κ1) is 11.3. The summed E-state index contributed by atoms with van der Waals surface area (Å²) in [6.45, 7) is 3.37. The number of hydrogen-bond donors (Lipinski definition) is 0. The van der Waals surface area contributed by atoms with Crippen LogP contribution in [0.15, 0.2) is 30.3 Å². The van der Waals surface area contributed by atoms with Crippen molar-refractivity contribution >= 4 is 5.78 Å². The Hall–Kier alpha value is -1.15. The molecular formula is C14H18O2. The monoisotopic (exact) mass is 218 g/mol. The number of ether oxygens (including phenoxy) is 1. The number of ketones is 1. The molecule has 16 heavy (non-hydrogen) atoms. The normalized spacial score (nSPS) is 24.2. The Balaban J connectivity index is 1.68. The first-order valence-electron chi connectivity index (χ1n) is 5.86. The van der Waals surface area contributed by atoms with Crippen molar-refractivity contribution in [3.8, 4) is 0 Å². The van der Waals surface area contributed by atoms with E-state index in [1.807, 2.05) is 25.1 Å². The van der Waals surface area contributed by atoms with E-state index >= 15 is 0 Å². The molecule has 0 spiro atoms. The Kier molecular flexibility index (Phi) is 3.39. The first-order valence-corrected chi connectivity index (χ1v) is 5.86. The van der Waals surface area contributed by atoms with Gasteiger partial charge in [0.25, 0.3) is 0 Å². The Morgan fingerprint density at radius 3 is 2.62 bits per heavy atom. The maximum absolute atomic E-state index is 11.4. The van der Waals surface area contributed by atoms with Crippen LogP contribution in [-0.4, -0.2) is 12.4 Å². The highest BCUT2D eigenvalue weighted by molar-refractivity contribution is 5.89. The fourth-order valence-electron chi connectivity index (χ4n) is 1.98. The summed E-state index contributed by atoms with van der Waals surface area (Å²) in [7, 11) is 0. The number of benzene rings is 1. The summed E-state index contributed by atoms with van der Waals surface area (Å²) in [5.74, 6) is 0.399. The average molecular weight is 218 g/mol. The molecule has 2 heteroatoms. The third-order valence-corrected chi connectivity index (χ3v) is 3.49. The summed E-state index contributed by atoms with van der Waals surface area (Å²) in [6, 6.07) is 10.1. The van der Waals surface area contributed by atoms with Crippen molar-refractivity contribution in [3.05, 3.63) is 35.9 Å². The number of carbonyl (C=O) groups is 1. The Morgan fingerprint density at radius 2 is 2.06 bits per heavy atom. The van der Waals surface area contributed by atoms with Gasteiger partial charge in [-0.05, 0) is 18.4 Å². The van der Waals surface area contributed by atoms with Gasteiger partial charge in [0, 0.05) is 18.4 Å². The van der Waals surface area contributed by atoms with Crippen molar-refractivity contribution in [1.82, 2.24) is 0 Å². The summed E-state index contributed by atoms with van der Waals surface area (Å²) < 4.78 is 5.59. The van der Waals surface area contributed by atoms with Crippen LogP contribution in [0.3, 0.4) is 0 Å². The molecule has 0 aliphatic heterocycles. The molecule has 1 aliphatic carbocycles. The molecular weight excluding hydrogens is 200 g/mol. The van der Waals surface area contributed by atoms with E-state index in [9.17, 15) is 4.79 Å². The van der Waals surface area contributed by atoms with Gasteiger partial charge in [-0.1, -0.05) is 37.3 Å². The highest BCUT2D eigenvalue weighted by Gasteiger charge is 2.40. The van der Waals surface area contributed by atoms with Crippen LogP contribution in [0.1, 0.15) is 31.7 Å². The summed E-state index contributed by atoms with van der Waals surface area (Å²) in [5, 5.41) is 0. The second kappa shape index (κ2) is 4.79. The van der Waals surface area contributed by atoms with E-state index in [1.165, 1.54) is 5.56 Å². The maximum Gasteiger partial charge on any atom is 0.138 e. The van der Waals surface area contributed by atoms with Gasteiger partial charge in [-0.15, -0.1) is 0 Å². The van der Waals surface area contributed by atoms with E-state index in [0.717, 1.165) is 19.3 Å². The highest BCUT2D eigenvalue weighted by Crippen LogP contribution is 2.39. The fourth-order valence-corrected chi connectivity index (χ4v) is 1.98. The van der Waals surface area contributed by atoms with Crippen LogP contribution in [0.2, 0.25) is 0 Å². The average Bonchev–Trinajstić information content (AvgIpc) is 2.34. The van der Waals surface area contributed by atoms with Crippen LogP contribution >= 0.6 is 0 Å². The molecule has 0 radical (unpaired) electrons. The molecule has 0 heterocycles. The molecule has 0 bridgehead atoms. The van der Waals surface area contributed by atoms with E-state index in [-0.39, 0.29) is 5.41 Å². The van der Waals surface area contributed by atoms with Crippen molar-refractivity contribution < 1.29 is 9.53 Å². The second-order valence-corrected chi connectivity index (χ2v) is 4.77. The van der Waals surface area contributed by atoms with E-state index in [1.54, 1.807) is 0 Å². The highest BCUT2D eigenvalue weighted by atomic mass is 16.5. The topological polar surface area (TPSA) is 26.3 Å². The molecule has 1 aliphatic rings. The van der Waals surface area contributed by atoms with E-state index in [2.05, 4.69) is 12.1 Å². The molecule has 1 unspecified atom stereocenters. The molecule has 0 aromatic heterocycles. The van der Waals surface area contributed by atoms with Crippen LogP contribution in [-0.2, 0) is 16.1 Å². The minimum atomic E-state index is -0.0866. The molecule has 2 nitrogen and oxygen atoms in total. The van der Waals surface area contributed by atoms with Gasteiger partial charge in [0.15, 0.2) is 0 Å². The number of Topliss-reactive ketones (excluding diaryl/α,β-unsaturated/α-hetero) is 1. The maximum atomic E-state index is 11.4. The first-order chi connectivity index (χ1) is 7.71. The van der Waals surface area contributed by atoms with Crippen LogP contribution in [0, 0.1) is 5.41 Å². The summed E-state index contributed by atoms with van der Waals surface area (Å²) >= 11 is 0. The van der Waals surface area contributed by atoms with E-state index in [0.29, 0.717) is 19.0 Å². The lowest BCUT2D eigenvalue weighted by atomic mass is 9.67. The SMILES string of the molecule is CC1(CCOCc2ccccc2)CCC1=O. The predicted octanol–water partition coefficient (Wildman–Crippen LogP) is 2.96. The zero-order valence-corrected chi connectivity index (χ0v) is 9.74. The van der Waals surface area contributed by atoms with Gasteiger partial charge in [-0.25, -0.2) is 0 Å². The quantitative estimate of drug-likeness (QED) is 0.710. The van der Waals surface area contributed by atoms with Gasteiger partial charge >= 0.3 is 0 Å². The van der Waals surface area contributed by atoms with Crippen LogP contribution in [0.25, 0.3) is 0 Å². The van der Waals surface area contributed by atoms with Gasteiger partial charge in [0.1, 0.15) is 5.78 Å². The van der Waals surface area contributed by atoms with Crippen molar-refractivity contribution in [2.45, 2.75) is 32.8 Å². The molecule has 86 valence electrons. The number of hydrogen-bond acceptors (Lipinski definition) is 2. The summed E-state index contributed by atoms with van der Waals surface area (Å²) in [4.78, 5) is 11.4. The van der Waals surface area contributed by atoms with Gasteiger partial charge in [-0.3, -0.25) is 4.79 Å². The summed E-state index contributed by atoms with van der Waals surface area (Å²) in [5.41, 5.74) is 1.10. The zero-order valence-electron chi connectivity index (χ0n) is 9.74. The largest absolute Gasteiger partial charge is 0.377 e. The van der Waals surface area contributed by atoms with Crippen molar-refractivity contribution in [2.75, 3.05) is 6.61 Å². The van der Waals surface area contributed by atoms with E-state index < -0.39 is 0 Å². The Morgan fingerprint density at radius 1 is 1.31 bits per heavy atom.